The molecule has 0 aliphatic rings. The Morgan fingerprint density at radius 1 is 0.302 bits per heavy atom. The van der Waals surface area contributed by atoms with Gasteiger partial charge in [0.2, 0.25) is 0 Å². The van der Waals surface area contributed by atoms with Gasteiger partial charge < -0.3 is 9.13 Å². The lowest BCUT2D eigenvalue weighted by Crippen LogP contribution is -2.04. The molecule has 0 spiro atoms. The minimum atomic E-state index is 0.810. The summed E-state index contributed by atoms with van der Waals surface area (Å²) in [6, 6.07) is 76.6. The van der Waals surface area contributed by atoms with Crippen molar-refractivity contribution in [1.82, 2.24) is 23.7 Å². The highest BCUT2D eigenvalue weighted by Crippen LogP contribution is 2.44. The Balaban J connectivity index is 1.04. The SMILES string of the molecule is c1ccc2cc(-c3nc4ccccc4nc3-n3c4ccccc4c4cc(-n5c6ccccc6c6c7c8ccccc8n(-c8cccc9ccccc89)c7ccc65)ccc43)ccc2c1. The van der Waals surface area contributed by atoms with Crippen LogP contribution in [0.5, 0.6) is 0 Å². The van der Waals surface area contributed by atoms with E-state index in [1.807, 2.05) is 12.1 Å². The third kappa shape index (κ3) is 4.87. The second-order valence-electron chi connectivity index (χ2n) is 16.6. The van der Waals surface area contributed by atoms with Gasteiger partial charge in [-0.2, -0.15) is 0 Å². The number of benzene rings is 10. The summed E-state index contributed by atoms with van der Waals surface area (Å²) in [7, 11) is 0. The Labute approximate surface area is 360 Å². The average molecular weight is 802 g/mol. The normalized spacial score (nSPS) is 12.1. The lowest BCUT2D eigenvalue weighted by atomic mass is 10.0. The maximum Gasteiger partial charge on any atom is 0.165 e. The van der Waals surface area contributed by atoms with E-state index in [9.17, 15) is 0 Å². The van der Waals surface area contributed by atoms with Gasteiger partial charge in [-0.05, 0) is 89.0 Å². The molecule has 0 bridgehead atoms. The molecule has 14 rings (SSSR count). The molecule has 0 unspecified atom stereocenters. The molecule has 63 heavy (non-hydrogen) atoms. The molecule has 4 heterocycles. The Kier molecular flexibility index (Phi) is 7.05. The zero-order valence-electron chi connectivity index (χ0n) is 33.9. The molecule has 0 atom stereocenters. The Morgan fingerprint density at radius 3 is 1.60 bits per heavy atom. The first kappa shape index (κ1) is 34.2. The summed E-state index contributed by atoms with van der Waals surface area (Å²) in [5.41, 5.74) is 12.8. The predicted octanol–water partition coefficient (Wildman–Crippen LogP) is 14.9. The Hall–Kier alpha value is -8.54. The summed E-state index contributed by atoms with van der Waals surface area (Å²) in [5, 5.41) is 12.1. The first-order chi connectivity index (χ1) is 31.3. The third-order valence-electron chi connectivity index (χ3n) is 13.2. The van der Waals surface area contributed by atoms with Crippen LogP contribution in [0.1, 0.15) is 0 Å². The summed E-state index contributed by atoms with van der Waals surface area (Å²) in [4.78, 5) is 10.8. The monoisotopic (exact) mass is 801 g/mol. The van der Waals surface area contributed by atoms with Gasteiger partial charge in [0.25, 0.3) is 0 Å². The lowest BCUT2D eigenvalue weighted by Gasteiger charge is -2.14. The smallest absolute Gasteiger partial charge is 0.165 e. The van der Waals surface area contributed by atoms with Crippen LogP contribution in [0, 0.1) is 0 Å². The summed E-state index contributed by atoms with van der Waals surface area (Å²) in [5.74, 6) is 0.810. The molecule has 0 aliphatic heterocycles. The van der Waals surface area contributed by atoms with E-state index in [-0.39, 0.29) is 0 Å². The Bertz CT molecular complexity index is 4220. The zero-order valence-corrected chi connectivity index (χ0v) is 33.9. The Morgan fingerprint density at radius 2 is 0.841 bits per heavy atom. The van der Waals surface area contributed by atoms with Crippen LogP contribution in [0.3, 0.4) is 0 Å². The molecule has 0 amide bonds. The molecule has 0 saturated carbocycles. The van der Waals surface area contributed by atoms with Gasteiger partial charge in [0.1, 0.15) is 5.69 Å². The molecule has 0 N–H and O–H groups in total. The molecular formula is C58H35N5. The maximum absolute atomic E-state index is 5.42. The highest BCUT2D eigenvalue weighted by atomic mass is 15.1. The van der Waals surface area contributed by atoms with Crippen LogP contribution in [0.2, 0.25) is 0 Å². The van der Waals surface area contributed by atoms with Gasteiger partial charge in [-0.1, -0.05) is 140 Å². The predicted molar refractivity (Wildman–Crippen MR) is 263 cm³/mol. The number of aromatic nitrogens is 5. The second kappa shape index (κ2) is 13.0. The van der Waals surface area contributed by atoms with Crippen molar-refractivity contribution in [3.8, 4) is 28.5 Å². The van der Waals surface area contributed by atoms with Crippen LogP contribution < -0.4 is 0 Å². The summed E-state index contributed by atoms with van der Waals surface area (Å²) < 4.78 is 7.23. The molecule has 5 heteroatoms. The molecule has 4 aromatic heterocycles. The number of hydrogen-bond acceptors (Lipinski definition) is 2. The van der Waals surface area contributed by atoms with Crippen LogP contribution in [0.4, 0.5) is 0 Å². The molecule has 5 nitrogen and oxygen atoms in total. The second-order valence-corrected chi connectivity index (χ2v) is 16.6. The summed E-state index contributed by atoms with van der Waals surface area (Å²) >= 11 is 0. The molecule has 14 aromatic rings. The van der Waals surface area contributed by atoms with Crippen LogP contribution in [-0.4, -0.2) is 23.7 Å². The first-order valence-corrected chi connectivity index (χ1v) is 21.5. The quantitative estimate of drug-likeness (QED) is 0.178. The number of para-hydroxylation sites is 5. The standard InChI is InChI=1S/C58H35N5/c1-2-16-38-34-39(29-28-36(38)14-1)57-58(60-47-23-9-8-22-46(47)59-57)63-49-24-10-5-19-42(49)45-35-40(30-31-52(45)63)61-50-25-11-6-20-43(50)55-53(61)32-33-54-56(55)44-21-7-12-26-51(44)62(54)48-27-13-17-37-15-3-4-18-41(37)48/h1-35H. The fourth-order valence-corrected chi connectivity index (χ4v) is 10.5. The highest BCUT2D eigenvalue weighted by Gasteiger charge is 2.23. The van der Waals surface area contributed by atoms with Crippen molar-refractivity contribution in [3.63, 3.8) is 0 Å². The van der Waals surface area contributed by atoms with Gasteiger partial charge in [0, 0.05) is 49.0 Å². The van der Waals surface area contributed by atoms with E-state index < -0.39 is 0 Å². The fourth-order valence-electron chi connectivity index (χ4n) is 10.5. The molecule has 0 radical (unpaired) electrons. The van der Waals surface area contributed by atoms with Crippen LogP contribution in [-0.2, 0) is 0 Å². The number of nitrogens with zero attached hydrogens (tertiary/aromatic N) is 5. The van der Waals surface area contributed by atoms with Crippen molar-refractivity contribution >= 4 is 98.0 Å². The molecule has 0 aliphatic carbocycles. The van der Waals surface area contributed by atoms with Crippen LogP contribution in [0.25, 0.3) is 126 Å². The van der Waals surface area contributed by atoms with Gasteiger partial charge >= 0.3 is 0 Å². The van der Waals surface area contributed by atoms with E-state index in [4.69, 9.17) is 9.97 Å². The number of fused-ring (bicyclic) bond motifs is 13. The van der Waals surface area contributed by atoms with Crippen molar-refractivity contribution in [2.24, 2.45) is 0 Å². The van der Waals surface area contributed by atoms with E-state index in [1.54, 1.807) is 0 Å². The van der Waals surface area contributed by atoms with Gasteiger partial charge in [-0.3, -0.25) is 4.57 Å². The van der Waals surface area contributed by atoms with E-state index in [2.05, 4.69) is 214 Å². The third-order valence-corrected chi connectivity index (χ3v) is 13.2. The average Bonchev–Trinajstić information content (AvgIpc) is 3.98. The fraction of sp³-hybridized carbons (Fsp3) is 0. The molecule has 292 valence electrons. The molecule has 10 aromatic carbocycles. The van der Waals surface area contributed by atoms with Crippen LogP contribution in [0.15, 0.2) is 212 Å². The van der Waals surface area contributed by atoms with Crippen molar-refractivity contribution in [2.45, 2.75) is 0 Å². The first-order valence-electron chi connectivity index (χ1n) is 21.5. The van der Waals surface area contributed by atoms with Crippen molar-refractivity contribution in [3.05, 3.63) is 212 Å². The molecule has 0 saturated heterocycles. The number of hydrogen-bond donors (Lipinski definition) is 0. The lowest BCUT2D eigenvalue weighted by molar-refractivity contribution is 1.08. The minimum Gasteiger partial charge on any atom is -0.309 e. The van der Waals surface area contributed by atoms with Crippen molar-refractivity contribution in [2.75, 3.05) is 0 Å². The molecule has 0 fully saturated rings. The number of rotatable bonds is 4. The van der Waals surface area contributed by atoms with E-state index >= 15 is 0 Å². The van der Waals surface area contributed by atoms with Crippen LogP contribution >= 0.6 is 0 Å². The van der Waals surface area contributed by atoms with Crippen molar-refractivity contribution < 1.29 is 0 Å². The topological polar surface area (TPSA) is 40.6 Å². The summed E-state index contributed by atoms with van der Waals surface area (Å²) in [6.07, 6.45) is 0. The minimum absolute atomic E-state index is 0.810. The van der Waals surface area contributed by atoms with Gasteiger partial charge in [0.05, 0.1) is 49.8 Å². The van der Waals surface area contributed by atoms with E-state index in [1.165, 1.54) is 70.8 Å². The van der Waals surface area contributed by atoms with Crippen molar-refractivity contribution in [1.29, 1.82) is 0 Å². The van der Waals surface area contributed by atoms with Gasteiger partial charge in [-0.25, -0.2) is 9.97 Å². The molecular weight excluding hydrogens is 767 g/mol. The largest absolute Gasteiger partial charge is 0.309 e. The van der Waals surface area contributed by atoms with E-state index in [0.717, 1.165) is 55.6 Å². The zero-order chi connectivity index (χ0) is 41.2. The van der Waals surface area contributed by atoms with Gasteiger partial charge in [-0.15, -0.1) is 0 Å². The van der Waals surface area contributed by atoms with Gasteiger partial charge in [0.15, 0.2) is 5.82 Å². The summed E-state index contributed by atoms with van der Waals surface area (Å²) in [6.45, 7) is 0. The van der Waals surface area contributed by atoms with E-state index in [0.29, 0.717) is 0 Å². The highest BCUT2D eigenvalue weighted by molar-refractivity contribution is 6.29. The maximum atomic E-state index is 5.42.